The normalized spacial score (nSPS) is 10.7. The summed E-state index contributed by atoms with van der Waals surface area (Å²) < 4.78 is 0. The van der Waals surface area contributed by atoms with Crippen LogP contribution in [0.4, 0.5) is 11.4 Å². The minimum Gasteiger partial charge on any atom is -0.383 e. The highest BCUT2D eigenvalue weighted by atomic mass is 35.5. The van der Waals surface area contributed by atoms with Crippen molar-refractivity contribution in [2.24, 2.45) is 0 Å². The Morgan fingerprint density at radius 3 is 2.87 bits per heavy atom. The summed E-state index contributed by atoms with van der Waals surface area (Å²) in [6.45, 7) is 3.39. The minimum atomic E-state index is 0.578. The Labute approximate surface area is 189 Å². The first-order valence-corrected chi connectivity index (χ1v) is 11.1. The Hall–Kier alpha value is -2.74. The van der Waals surface area contributed by atoms with Crippen molar-refractivity contribution in [3.05, 3.63) is 70.1 Å². The van der Waals surface area contributed by atoms with Crippen molar-refractivity contribution in [2.75, 3.05) is 23.7 Å². The van der Waals surface area contributed by atoms with E-state index in [4.69, 9.17) is 23.8 Å². The van der Waals surface area contributed by atoms with E-state index in [0.29, 0.717) is 23.2 Å². The molecule has 0 fully saturated rings. The number of rotatable bonds is 6. The Morgan fingerprint density at radius 2 is 2.03 bits per heavy atom. The number of hydrogen-bond donors (Lipinski definition) is 3. The molecule has 0 saturated heterocycles. The first-order valence-electron chi connectivity index (χ1n) is 9.44. The van der Waals surface area contributed by atoms with E-state index in [1.165, 1.54) is 0 Å². The molecule has 2 heterocycles. The lowest BCUT2D eigenvalue weighted by molar-refractivity contribution is 0.916. The Bertz CT molecular complexity index is 1190. The first kappa shape index (κ1) is 20.5. The van der Waals surface area contributed by atoms with Crippen molar-refractivity contribution >= 4 is 62.5 Å². The van der Waals surface area contributed by atoms with Crippen LogP contribution in [0.25, 0.3) is 22.2 Å². The number of anilines is 2. The fourth-order valence-electron chi connectivity index (χ4n) is 3.08. The summed E-state index contributed by atoms with van der Waals surface area (Å²) in [5.41, 5.74) is 4.87. The molecule has 0 saturated carbocycles. The molecular formula is C22H20ClN5S2. The molecule has 0 radical (unpaired) electrons. The number of hydrogen-bond acceptors (Lipinski definition) is 5. The van der Waals surface area contributed by atoms with Gasteiger partial charge in [-0.1, -0.05) is 23.7 Å². The van der Waals surface area contributed by atoms with Crippen LogP contribution in [0.2, 0.25) is 5.02 Å². The molecule has 0 bridgehead atoms. The third kappa shape index (κ3) is 5.05. The van der Waals surface area contributed by atoms with Gasteiger partial charge in [0.05, 0.1) is 16.2 Å². The molecule has 152 valence electrons. The number of thiazole rings is 1. The molecule has 0 aliphatic rings. The van der Waals surface area contributed by atoms with Crippen molar-refractivity contribution in [2.45, 2.75) is 6.92 Å². The standard InChI is InChI=1S/C22H20ClN5S2/c1-14-27-21(13-30-14)15-3-2-4-17(11-15)28-22(29)26-10-9-25-19-7-8-24-20-12-16(23)5-6-18(19)20/h2-8,11-13H,9-10H2,1H3,(H,24,25)(H2,26,28,29). The molecule has 0 spiro atoms. The lowest BCUT2D eigenvalue weighted by Gasteiger charge is -2.13. The van der Waals surface area contributed by atoms with Crippen LogP contribution >= 0.6 is 35.2 Å². The van der Waals surface area contributed by atoms with Crippen molar-refractivity contribution in [3.63, 3.8) is 0 Å². The SMILES string of the molecule is Cc1nc(-c2cccc(NC(=S)NCCNc3ccnc4cc(Cl)ccc34)c2)cs1. The molecule has 0 unspecified atom stereocenters. The van der Waals surface area contributed by atoms with Crippen LogP contribution in [0.15, 0.2) is 60.1 Å². The lowest BCUT2D eigenvalue weighted by atomic mass is 10.1. The second-order valence-corrected chi connectivity index (χ2v) is 8.57. The number of fused-ring (bicyclic) bond motifs is 1. The van der Waals surface area contributed by atoms with Crippen LogP contribution in [0.5, 0.6) is 0 Å². The fourth-order valence-corrected chi connectivity index (χ4v) is 4.08. The maximum Gasteiger partial charge on any atom is 0.170 e. The molecule has 0 amide bonds. The first-order chi connectivity index (χ1) is 14.6. The molecule has 0 atom stereocenters. The molecular weight excluding hydrogens is 434 g/mol. The molecule has 5 nitrogen and oxygen atoms in total. The molecule has 2 aromatic carbocycles. The predicted octanol–water partition coefficient (Wildman–Crippen LogP) is 5.72. The second-order valence-electron chi connectivity index (χ2n) is 6.66. The predicted molar refractivity (Wildman–Crippen MR) is 132 cm³/mol. The van der Waals surface area contributed by atoms with Crippen LogP contribution in [-0.2, 0) is 0 Å². The summed E-state index contributed by atoms with van der Waals surface area (Å²) in [6, 6.07) is 15.7. The number of pyridine rings is 1. The van der Waals surface area contributed by atoms with E-state index in [9.17, 15) is 0 Å². The average molecular weight is 454 g/mol. The van der Waals surface area contributed by atoms with Gasteiger partial charge in [0.1, 0.15) is 0 Å². The van der Waals surface area contributed by atoms with Crippen LogP contribution in [0.3, 0.4) is 0 Å². The van der Waals surface area contributed by atoms with Gasteiger partial charge in [0, 0.05) is 52.0 Å². The summed E-state index contributed by atoms with van der Waals surface area (Å²) >= 11 is 13.1. The van der Waals surface area contributed by atoms with E-state index in [0.717, 1.165) is 38.5 Å². The number of aromatic nitrogens is 2. The van der Waals surface area contributed by atoms with Gasteiger partial charge >= 0.3 is 0 Å². The zero-order chi connectivity index (χ0) is 20.9. The smallest absolute Gasteiger partial charge is 0.170 e. The number of aryl methyl sites for hydroxylation is 1. The average Bonchev–Trinajstić information content (AvgIpc) is 3.17. The number of nitrogens with zero attached hydrogens (tertiary/aromatic N) is 2. The summed E-state index contributed by atoms with van der Waals surface area (Å²) in [4.78, 5) is 8.90. The third-order valence-corrected chi connectivity index (χ3v) is 5.72. The monoisotopic (exact) mass is 453 g/mol. The van der Waals surface area contributed by atoms with Gasteiger partial charge in [0.2, 0.25) is 0 Å². The molecule has 0 aliphatic heterocycles. The van der Waals surface area contributed by atoms with Crippen molar-refractivity contribution in [1.29, 1.82) is 0 Å². The van der Waals surface area contributed by atoms with Crippen LogP contribution in [0.1, 0.15) is 5.01 Å². The van der Waals surface area contributed by atoms with Gasteiger partial charge in [0.15, 0.2) is 5.11 Å². The van der Waals surface area contributed by atoms with E-state index in [1.54, 1.807) is 17.5 Å². The zero-order valence-corrected chi connectivity index (χ0v) is 18.7. The number of halogens is 1. The Kier molecular flexibility index (Phi) is 6.42. The summed E-state index contributed by atoms with van der Waals surface area (Å²) in [5, 5.41) is 15.3. The van der Waals surface area contributed by atoms with Crippen molar-refractivity contribution < 1.29 is 0 Å². The molecule has 0 aliphatic carbocycles. The summed E-state index contributed by atoms with van der Waals surface area (Å²) in [6.07, 6.45) is 1.78. The van der Waals surface area contributed by atoms with E-state index in [-0.39, 0.29) is 0 Å². The largest absolute Gasteiger partial charge is 0.383 e. The van der Waals surface area contributed by atoms with Gasteiger partial charge in [-0.25, -0.2) is 4.98 Å². The maximum absolute atomic E-state index is 6.05. The highest BCUT2D eigenvalue weighted by Gasteiger charge is 2.05. The number of nitrogens with one attached hydrogen (secondary N) is 3. The fraction of sp³-hybridized carbons (Fsp3) is 0.136. The van der Waals surface area contributed by atoms with E-state index >= 15 is 0 Å². The maximum atomic E-state index is 6.05. The van der Waals surface area contributed by atoms with E-state index in [2.05, 4.69) is 37.4 Å². The van der Waals surface area contributed by atoms with Crippen LogP contribution in [0, 0.1) is 6.92 Å². The summed E-state index contributed by atoms with van der Waals surface area (Å²) in [5.74, 6) is 0. The van der Waals surface area contributed by atoms with Crippen LogP contribution < -0.4 is 16.0 Å². The van der Waals surface area contributed by atoms with Gasteiger partial charge in [-0.05, 0) is 55.5 Å². The third-order valence-electron chi connectivity index (χ3n) is 4.47. The zero-order valence-electron chi connectivity index (χ0n) is 16.3. The highest BCUT2D eigenvalue weighted by molar-refractivity contribution is 7.80. The summed E-state index contributed by atoms with van der Waals surface area (Å²) in [7, 11) is 0. The van der Waals surface area contributed by atoms with Gasteiger partial charge in [0.25, 0.3) is 0 Å². The molecule has 4 rings (SSSR count). The molecule has 3 N–H and O–H groups in total. The number of thiocarbonyl (C=S) groups is 1. The molecule has 2 aromatic heterocycles. The van der Waals surface area contributed by atoms with Gasteiger partial charge in [-0.3, -0.25) is 4.98 Å². The molecule has 30 heavy (non-hydrogen) atoms. The highest BCUT2D eigenvalue weighted by Crippen LogP contribution is 2.25. The topological polar surface area (TPSA) is 61.9 Å². The van der Waals surface area contributed by atoms with Crippen molar-refractivity contribution in [3.8, 4) is 11.3 Å². The Balaban J connectivity index is 1.30. The van der Waals surface area contributed by atoms with E-state index < -0.39 is 0 Å². The van der Waals surface area contributed by atoms with Gasteiger partial charge in [-0.15, -0.1) is 11.3 Å². The van der Waals surface area contributed by atoms with Gasteiger partial charge < -0.3 is 16.0 Å². The minimum absolute atomic E-state index is 0.578. The van der Waals surface area contributed by atoms with E-state index in [1.807, 2.05) is 49.4 Å². The Morgan fingerprint density at radius 1 is 1.13 bits per heavy atom. The lowest BCUT2D eigenvalue weighted by Crippen LogP contribution is -2.32. The van der Waals surface area contributed by atoms with Crippen molar-refractivity contribution in [1.82, 2.24) is 15.3 Å². The molecule has 8 heteroatoms. The van der Waals surface area contributed by atoms with Gasteiger partial charge in [-0.2, -0.15) is 0 Å². The number of benzene rings is 2. The molecule has 4 aromatic rings. The van der Waals surface area contributed by atoms with Crippen LogP contribution in [-0.4, -0.2) is 28.2 Å². The quantitative estimate of drug-likeness (QED) is 0.256. The second kappa shape index (κ2) is 9.38.